The lowest BCUT2D eigenvalue weighted by Gasteiger charge is -2.11. The SMILES string of the molecule is CNCc1ccncc1CC1CCOC1. The molecule has 2 rings (SSSR count). The van der Waals surface area contributed by atoms with Gasteiger partial charge in [0.15, 0.2) is 0 Å². The smallest absolute Gasteiger partial charge is 0.0498 e. The zero-order chi connectivity index (χ0) is 10.5. The molecular formula is C12H18N2O. The third-order valence-corrected chi connectivity index (χ3v) is 2.90. The van der Waals surface area contributed by atoms with Crippen molar-refractivity contribution in [1.82, 2.24) is 10.3 Å². The van der Waals surface area contributed by atoms with Crippen molar-refractivity contribution in [2.24, 2.45) is 5.92 Å². The predicted octanol–water partition coefficient (Wildman–Crippen LogP) is 1.38. The topological polar surface area (TPSA) is 34.2 Å². The number of hydrogen-bond donors (Lipinski definition) is 1. The molecule has 1 saturated heterocycles. The maximum absolute atomic E-state index is 5.39. The van der Waals surface area contributed by atoms with Crippen molar-refractivity contribution in [3.63, 3.8) is 0 Å². The van der Waals surface area contributed by atoms with E-state index in [0.717, 1.165) is 26.2 Å². The molecule has 0 bridgehead atoms. The average Bonchev–Trinajstić information content (AvgIpc) is 2.74. The average molecular weight is 206 g/mol. The standard InChI is InChI=1S/C12H18N2O/c1-13-7-11-2-4-14-8-12(11)6-10-3-5-15-9-10/h2,4,8,10,13H,3,5-7,9H2,1H3. The normalized spacial score (nSPS) is 20.7. The maximum atomic E-state index is 5.39. The molecule has 15 heavy (non-hydrogen) atoms. The van der Waals surface area contributed by atoms with Gasteiger partial charge in [-0.2, -0.15) is 0 Å². The van der Waals surface area contributed by atoms with Crippen LogP contribution in [0.1, 0.15) is 17.5 Å². The van der Waals surface area contributed by atoms with Gasteiger partial charge in [-0.25, -0.2) is 0 Å². The highest BCUT2D eigenvalue weighted by Gasteiger charge is 2.17. The van der Waals surface area contributed by atoms with Crippen LogP contribution in [0.5, 0.6) is 0 Å². The van der Waals surface area contributed by atoms with E-state index in [9.17, 15) is 0 Å². The molecule has 2 heterocycles. The van der Waals surface area contributed by atoms with E-state index in [2.05, 4.69) is 16.4 Å². The van der Waals surface area contributed by atoms with Crippen molar-refractivity contribution in [2.45, 2.75) is 19.4 Å². The highest BCUT2D eigenvalue weighted by Crippen LogP contribution is 2.19. The largest absolute Gasteiger partial charge is 0.381 e. The summed E-state index contributed by atoms with van der Waals surface area (Å²) in [4.78, 5) is 4.20. The molecule has 1 N–H and O–H groups in total. The summed E-state index contributed by atoms with van der Waals surface area (Å²) in [6.07, 6.45) is 6.14. The molecule has 0 aromatic carbocycles. The van der Waals surface area contributed by atoms with Crippen molar-refractivity contribution in [1.29, 1.82) is 0 Å². The Morgan fingerprint density at radius 1 is 1.53 bits per heavy atom. The van der Waals surface area contributed by atoms with Crippen molar-refractivity contribution in [3.8, 4) is 0 Å². The predicted molar refractivity (Wildman–Crippen MR) is 59.6 cm³/mol. The highest BCUT2D eigenvalue weighted by atomic mass is 16.5. The Bertz CT molecular complexity index is 308. The minimum absolute atomic E-state index is 0.685. The number of hydrogen-bond acceptors (Lipinski definition) is 3. The Balaban J connectivity index is 2.05. The van der Waals surface area contributed by atoms with Gasteiger partial charge in [-0.1, -0.05) is 0 Å². The lowest BCUT2D eigenvalue weighted by molar-refractivity contribution is 0.186. The molecule has 0 amide bonds. The molecule has 1 aliphatic heterocycles. The van der Waals surface area contributed by atoms with Crippen LogP contribution in [0.3, 0.4) is 0 Å². The fourth-order valence-corrected chi connectivity index (χ4v) is 2.06. The van der Waals surface area contributed by atoms with E-state index >= 15 is 0 Å². The Morgan fingerprint density at radius 3 is 3.20 bits per heavy atom. The van der Waals surface area contributed by atoms with Crippen LogP contribution in [0, 0.1) is 5.92 Å². The van der Waals surface area contributed by atoms with Gasteiger partial charge in [-0.15, -0.1) is 0 Å². The summed E-state index contributed by atoms with van der Waals surface area (Å²) >= 11 is 0. The second kappa shape index (κ2) is 5.24. The number of aromatic nitrogens is 1. The summed E-state index contributed by atoms with van der Waals surface area (Å²) in [5, 5.41) is 3.19. The lowest BCUT2D eigenvalue weighted by Crippen LogP contribution is -2.11. The van der Waals surface area contributed by atoms with Crippen LogP contribution in [-0.4, -0.2) is 25.2 Å². The molecule has 1 fully saturated rings. The maximum Gasteiger partial charge on any atom is 0.0498 e. The second-order valence-electron chi connectivity index (χ2n) is 4.11. The van der Waals surface area contributed by atoms with E-state index in [1.54, 1.807) is 0 Å². The molecule has 1 unspecified atom stereocenters. The van der Waals surface area contributed by atoms with E-state index in [0.29, 0.717) is 5.92 Å². The third kappa shape index (κ3) is 2.76. The van der Waals surface area contributed by atoms with Crippen molar-refractivity contribution < 1.29 is 4.74 Å². The molecule has 3 heteroatoms. The highest BCUT2D eigenvalue weighted by molar-refractivity contribution is 5.23. The summed E-state index contributed by atoms with van der Waals surface area (Å²) in [6.45, 7) is 2.76. The zero-order valence-corrected chi connectivity index (χ0v) is 9.20. The lowest BCUT2D eigenvalue weighted by atomic mass is 9.96. The molecule has 0 spiro atoms. The summed E-state index contributed by atoms with van der Waals surface area (Å²) in [6, 6.07) is 2.10. The zero-order valence-electron chi connectivity index (χ0n) is 9.20. The Labute approximate surface area is 90.9 Å². The number of ether oxygens (including phenoxy) is 1. The first-order chi connectivity index (χ1) is 7.40. The molecule has 0 aliphatic carbocycles. The van der Waals surface area contributed by atoms with Crippen molar-refractivity contribution in [3.05, 3.63) is 29.6 Å². The summed E-state index contributed by atoms with van der Waals surface area (Å²) in [7, 11) is 1.98. The van der Waals surface area contributed by atoms with Gasteiger partial charge >= 0.3 is 0 Å². The summed E-state index contributed by atoms with van der Waals surface area (Å²) in [5.74, 6) is 0.685. The Morgan fingerprint density at radius 2 is 2.47 bits per heavy atom. The van der Waals surface area contributed by atoms with Crippen LogP contribution in [0.15, 0.2) is 18.5 Å². The van der Waals surface area contributed by atoms with E-state index < -0.39 is 0 Å². The first kappa shape index (κ1) is 10.6. The molecular weight excluding hydrogens is 188 g/mol. The van der Waals surface area contributed by atoms with Gasteiger partial charge in [0.25, 0.3) is 0 Å². The Hall–Kier alpha value is -0.930. The van der Waals surface area contributed by atoms with Crippen LogP contribution in [0.2, 0.25) is 0 Å². The molecule has 0 saturated carbocycles. The van der Waals surface area contributed by atoms with Gasteiger partial charge in [-0.3, -0.25) is 4.98 Å². The number of rotatable bonds is 4. The minimum Gasteiger partial charge on any atom is -0.381 e. The summed E-state index contributed by atoms with van der Waals surface area (Å²) < 4.78 is 5.39. The van der Waals surface area contributed by atoms with Gasteiger partial charge in [0.05, 0.1) is 0 Å². The van der Waals surface area contributed by atoms with E-state index in [1.807, 2.05) is 19.4 Å². The summed E-state index contributed by atoms with van der Waals surface area (Å²) in [5.41, 5.74) is 2.72. The van der Waals surface area contributed by atoms with Gasteiger partial charge in [0, 0.05) is 32.2 Å². The molecule has 0 radical (unpaired) electrons. The van der Waals surface area contributed by atoms with Crippen molar-refractivity contribution >= 4 is 0 Å². The number of nitrogens with zero attached hydrogens (tertiary/aromatic N) is 1. The fraction of sp³-hybridized carbons (Fsp3) is 0.583. The first-order valence-electron chi connectivity index (χ1n) is 5.54. The molecule has 3 nitrogen and oxygen atoms in total. The van der Waals surface area contributed by atoms with Gasteiger partial charge in [0.1, 0.15) is 0 Å². The third-order valence-electron chi connectivity index (χ3n) is 2.90. The van der Waals surface area contributed by atoms with Crippen LogP contribution in [-0.2, 0) is 17.7 Å². The van der Waals surface area contributed by atoms with Crippen molar-refractivity contribution in [2.75, 3.05) is 20.3 Å². The first-order valence-corrected chi connectivity index (χ1v) is 5.54. The molecule has 1 aromatic heterocycles. The van der Waals surface area contributed by atoms with Gasteiger partial charge in [-0.05, 0) is 43.0 Å². The van der Waals surface area contributed by atoms with Crippen LogP contribution in [0.25, 0.3) is 0 Å². The van der Waals surface area contributed by atoms with Crippen LogP contribution >= 0.6 is 0 Å². The molecule has 1 atom stereocenters. The molecule has 1 aromatic rings. The van der Waals surface area contributed by atoms with Gasteiger partial charge < -0.3 is 10.1 Å². The quantitative estimate of drug-likeness (QED) is 0.808. The fourth-order valence-electron chi connectivity index (χ4n) is 2.06. The number of nitrogens with one attached hydrogen (secondary N) is 1. The second-order valence-corrected chi connectivity index (χ2v) is 4.11. The monoisotopic (exact) mass is 206 g/mol. The van der Waals surface area contributed by atoms with Crippen LogP contribution < -0.4 is 5.32 Å². The Kier molecular flexibility index (Phi) is 3.69. The van der Waals surface area contributed by atoms with E-state index in [1.165, 1.54) is 17.5 Å². The molecule has 82 valence electrons. The van der Waals surface area contributed by atoms with E-state index in [-0.39, 0.29) is 0 Å². The minimum atomic E-state index is 0.685. The van der Waals surface area contributed by atoms with Gasteiger partial charge in [0.2, 0.25) is 0 Å². The molecule has 1 aliphatic rings. The van der Waals surface area contributed by atoms with E-state index in [4.69, 9.17) is 4.74 Å². The number of pyridine rings is 1. The van der Waals surface area contributed by atoms with Crippen LogP contribution in [0.4, 0.5) is 0 Å².